The zero-order chi connectivity index (χ0) is 17.9. The number of aryl methyl sites for hydroxylation is 2. The van der Waals surface area contributed by atoms with E-state index < -0.39 is 13.7 Å². The summed E-state index contributed by atoms with van der Waals surface area (Å²) in [6.45, 7) is 1.55. The van der Waals surface area contributed by atoms with Gasteiger partial charge in [-0.3, -0.25) is 14.3 Å². The van der Waals surface area contributed by atoms with Crippen LogP contribution < -0.4 is 11.5 Å². The Kier molecular flexibility index (Phi) is 5.71. The van der Waals surface area contributed by atoms with E-state index in [2.05, 4.69) is 14.5 Å². The van der Waals surface area contributed by atoms with Crippen LogP contribution in [-0.2, 0) is 15.5 Å². The minimum atomic E-state index is -4.54. The molecule has 0 bridgehead atoms. The summed E-state index contributed by atoms with van der Waals surface area (Å²) in [5.74, 6) is -1.11. The summed E-state index contributed by atoms with van der Waals surface area (Å²) in [4.78, 5) is 37.9. The first-order valence-electron chi connectivity index (χ1n) is 7.52. The molecule has 0 aromatic carbocycles. The Labute approximate surface area is 139 Å². The van der Waals surface area contributed by atoms with E-state index in [1.807, 2.05) is 0 Å². The van der Waals surface area contributed by atoms with Crippen molar-refractivity contribution in [3.8, 4) is 0 Å². The number of phosphoric ester groups is 1. The maximum atomic E-state index is 12.1. The Hall–Kier alpha value is -1.80. The molecule has 0 saturated heterocycles. The van der Waals surface area contributed by atoms with Crippen molar-refractivity contribution in [3.63, 3.8) is 0 Å². The smallest absolute Gasteiger partial charge is 0.370 e. The lowest BCUT2D eigenvalue weighted by molar-refractivity contribution is 0.100. The Bertz CT molecular complexity index is 711. The number of pyridine rings is 1. The van der Waals surface area contributed by atoms with Crippen molar-refractivity contribution in [1.29, 1.82) is 0 Å². The number of carbonyl (C=O) groups is 1. The van der Waals surface area contributed by atoms with Gasteiger partial charge in [0.25, 0.3) is 5.91 Å². The Morgan fingerprint density at radius 2 is 2.17 bits per heavy atom. The zero-order valence-electron chi connectivity index (χ0n) is 13.3. The van der Waals surface area contributed by atoms with Crippen LogP contribution in [0.4, 0.5) is 0 Å². The molecule has 1 aromatic heterocycles. The van der Waals surface area contributed by atoms with Crippen molar-refractivity contribution in [2.45, 2.75) is 38.5 Å². The predicted octanol–water partition coefficient (Wildman–Crippen LogP) is 0.723. The number of rotatable bonds is 4. The standard InChI is InChI=1S/C14H21N4O5P/c1-8-11(13(19)18-14(15)16)6-9-4-2-3-5-10(12(9)17-8)7-23-24(20,21)22/h6,10H,2-5,7H2,1H3,(H2,20,21,22)(H4,15,16,18,19). The SMILES string of the molecule is Cc1nc2c(cc1C(=O)N=C(N)N)CCCCC2COP(=O)(O)O. The van der Waals surface area contributed by atoms with Crippen LogP contribution in [0.15, 0.2) is 11.1 Å². The van der Waals surface area contributed by atoms with E-state index in [0.29, 0.717) is 23.4 Å². The highest BCUT2D eigenvalue weighted by Gasteiger charge is 2.26. The number of amides is 1. The minimum absolute atomic E-state index is 0.120. The van der Waals surface area contributed by atoms with Crippen LogP contribution in [0.2, 0.25) is 0 Å². The van der Waals surface area contributed by atoms with E-state index in [1.165, 1.54) is 0 Å². The number of hydrogen-bond donors (Lipinski definition) is 4. The molecule has 0 fully saturated rings. The van der Waals surface area contributed by atoms with Gasteiger partial charge in [-0.2, -0.15) is 4.99 Å². The van der Waals surface area contributed by atoms with Crippen LogP contribution in [0.1, 0.15) is 52.5 Å². The summed E-state index contributed by atoms with van der Waals surface area (Å²) < 4.78 is 15.6. The molecule has 1 aliphatic rings. The van der Waals surface area contributed by atoms with Gasteiger partial charge in [0.1, 0.15) is 0 Å². The number of carbonyl (C=O) groups excluding carboxylic acids is 1. The van der Waals surface area contributed by atoms with Crippen molar-refractivity contribution in [3.05, 3.63) is 28.6 Å². The molecule has 1 atom stereocenters. The molecule has 1 aliphatic carbocycles. The molecule has 1 heterocycles. The van der Waals surface area contributed by atoms with E-state index in [-0.39, 0.29) is 18.5 Å². The van der Waals surface area contributed by atoms with Gasteiger partial charge in [0.05, 0.1) is 17.9 Å². The summed E-state index contributed by atoms with van der Waals surface area (Å²) in [6, 6.07) is 1.71. The molecule has 2 rings (SSSR count). The normalized spacial score (nSPS) is 17.7. The number of nitrogens with zero attached hydrogens (tertiary/aromatic N) is 2. The molecule has 9 nitrogen and oxygen atoms in total. The van der Waals surface area contributed by atoms with Crippen molar-refractivity contribution in [1.82, 2.24) is 4.98 Å². The molecule has 132 valence electrons. The number of nitrogens with two attached hydrogens (primary N) is 2. The van der Waals surface area contributed by atoms with Gasteiger partial charge in [-0.25, -0.2) is 4.57 Å². The Morgan fingerprint density at radius 1 is 1.46 bits per heavy atom. The van der Waals surface area contributed by atoms with Gasteiger partial charge in [0.15, 0.2) is 5.96 Å². The second-order valence-corrected chi connectivity index (χ2v) is 6.98. The van der Waals surface area contributed by atoms with Crippen molar-refractivity contribution < 1.29 is 23.7 Å². The van der Waals surface area contributed by atoms with Gasteiger partial charge in [0, 0.05) is 11.6 Å². The highest BCUT2D eigenvalue weighted by molar-refractivity contribution is 7.46. The van der Waals surface area contributed by atoms with E-state index in [9.17, 15) is 9.36 Å². The summed E-state index contributed by atoms with van der Waals surface area (Å²) in [7, 11) is -4.54. The number of aliphatic imine (C=N–C) groups is 1. The topological polar surface area (TPSA) is 161 Å². The molecular formula is C14H21N4O5P. The van der Waals surface area contributed by atoms with Crippen LogP contribution >= 0.6 is 7.82 Å². The van der Waals surface area contributed by atoms with Crippen LogP contribution in [-0.4, -0.2) is 33.2 Å². The third-order valence-electron chi connectivity index (χ3n) is 3.87. The van der Waals surface area contributed by atoms with Crippen LogP contribution in [0.25, 0.3) is 0 Å². The molecular weight excluding hydrogens is 335 g/mol. The summed E-state index contributed by atoms with van der Waals surface area (Å²) >= 11 is 0. The molecule has 24 heavy (non-hydrogen) atoms. The molecule has 6 N–H and O–H groups in total. The molecule has 0 saturated carbocycles. The third kappa shape index (κ3) is 4.85. The van der Waals surface area contributed by atoms with Gasteiger partial charge in [0.2, 0.25) is 0 Å². The maximum absolute atomic E-state index is 12.1. The van der Waals surface area contributed by atoms with Gasteiger partial charge in [-0.15, -0.1) is 0 Å². The van der Waals surface area contributed by atoms with Crippen molar-refractivity contribution in [2.75, 3.05) is 6.61 Å². The first-order valence-corrected chi connectivity index (χ1v) is 9.05. The van der Waals surface area contributed by atoms with Crippen LogP contribution in [0.5, 0.6) is 0 Å². The van der Waals surface area contributed by atoms with Gasteiger partial charge in [-0.05, 0) is 37.8 Å². The van der Waals surface area contributed by atoms with Gasteiger partial charge in [-0.1, -0.05) is 6.42 Å². The average molecular weight is 356 g/mol. The van der Waals surface area contributed by atoms with Crippen molar-refractivity contribution >= 4 is 19.7 Å². The summed E-state index contributed by atoms with van der Waals surface area (Å²) in [5, 5.41) is 0. The molecule has 0 radical (unpaired) electrons. The first kappa shape index (κ1) is 18.5. The molecule has 10 heteroatoms. The highest BCUT2D eigenvalue weighted by Crippen LogP contribution is 2.39. The number of guanidine groups is 1. The molecule has 0 spiro atoms. The monoisotopic (exact) mass is 356 g/mol. The van der Waals surface area contributed by atoms with E-state index in [0.717, 1.165) is 24.8 Å². The lowest BCUT2D eigenvalue weighted by atomic mass is 9.97. The molecule has 1 unspecified atom stereocenters. The quantitative estimate of drug-likeness (QED) is 0.265. The van der Waals surface area contributed by atoms with E-state index in [1.54, 1.807) is 13.0 Å². The second-order valence-electron chi connectivity index (χ2n) is 5.74. The minimum Gasteiger partial charge on any atom is -0.370 e. The number of aromatic nitrogens is 1. The fourth-order valence-electron chi connectivity index (χ4n) is 2.81. The van der Waals surface area contributed by atoms with Gasteiger partial charge < -0.3 is 21.3 Å². The summed E-state index contributed by atoms with van der Waals surface area (Å²) in [6.07, 6.45) is 3.19. The molecule has 0 aliphatic heterocycles. The number of phosphoric acid groups is 1. The lowest BCUT2D eigenvalue weighted by Gasteiger charge is -2.18. The average Bonchev–Trinajstić information content (AvgIpc) is 2.64. The Morgan fingerprint density at radius 3 is 2.79 bits per heavy atom. The second kappa shape index (κ2) is 7.40. The van der Waals surface area contributed by atoms with Crippen LogP contribution in [0, 0.1) is 6.92 Å². The van der Waals surface area contributed by atoms with Crippen LogP contribution in [0.3, 0.4) is 0 Å². The third-order valence-corrected chi connectivity index (χ3v) is 4.35. The highest BCUT2D eigenvalue weighted by atomic mass is 31.2. The van der Waals surface area contributed by atoms with E-state index in [4.69, 9.17) is 21.3 Å². The summed E-state index contributed by atoms with van der Waals surface area (Å²) in [5.41, 5.74) is 12.8. The largest absolute Gasteiger partial charge is 0.469 e. The van der Waals surface area contributed by atoms with Gasteiger partial charge >= 0.3 is 7.82 Å². The fraction of sp³-hybridized carbons (Fsp3) is 0.500. The fourth-order valence-corrected chi connectivity index (χ4v) is 3.18. The first-order chi connectivity index (χ1) is 11.2. The Balaban J connectivity index is 2.36. The number of fused-ring (bicyclic) bond motifs is 1. The molecule has 1 aromatic rings. The molecule has 1 amide bonds. The van der Waals surface area contributed by atoms with E-state index >= 15 is 0 Å². The lowest BCUT2D eigenvalue weighted by Crippen LogP contribution is -2.24. The zero-order valence-corrected chi connectivity index (χ0v) is 14.2. The number of hydrogen-bond acceptors (Lipinski definition) is 4. The maximum Gasteiger partial charge on any atom is 0.469 e. The van der Waals surface area contributed by atoms with Crippen molar-refractivity contribution in [2.24, 2.45) is 16.5 Å². The predicted molar refractivity (Wildman–Crippen MR) is 87.4 cm³/mol.